The lowest BCUT2D eigenvalue weighted by atomic mass is 9.81. The summed E-state index contributed by atoms with van der Waals surface area (Å²) in [7, 11) is 0. The van der Waals surface area contributed by atoms with Crippen molar-refractivity contribution in [1.82, 2.24) is 0 Å². The monoisotopic (exact) mass is 221 g/mol. The maximum atomic E-state index is 9.87. The molecule has 0 amide bonds. The largest absolute Gasteiger partial charge is 0.512 e. The van der Waals surface area contributed by atoms with Crippen LogP contribution in [-0.2, 0) is 0 Å². The van der Waals surface area contributed by atoms with Crippen LogP contribution >= 0.6 is 0 Å². The van der Waals surface area contributed by atoms with Crippen LogP contribution in [0.25, 0.3) is 6.08 Å². The molecule has 1 aliphatic rings. The fraction of sp³-hybridized carbons (Fsp3) is 0.333. The molecular weight excluding hydrogens is 206 g/mol. The van der Waals surface area contributed by atoms with E-state index in [-0.39, 0.29) is 19.0 Å². The maximum absolute atomic E-state index is 9.87. The van der Waals surface area contributed by atoms with E-state index in [0.717, 1.165) is 11.1 Å². The second kappa shape index (κ2) is 3.90. The molecule has 0 heterocycles. The summed E-state index contributed by atoms with van der Waals surface area (Å²) in [6, 6.07) is 7.40. The molecule has 4 heteroatoms. The Bertz CT molecular complexity index is 424. The molecule has 5 N–H and O–H groups in total. The van der Waals surface area contributed by atoms with Crippen molar-refractivity contribution in [1.29, 1.82) is 0 Å². The normalized spacial score (nSPS) is 19.4. The molecule has 1 aliphatic carbocycles. The Balaban J connectivity index is 2.48. The summed E-state index contributed by atoms with van der Waals surface area (Å²) in [4.78, 5) is 0. The zero-order valence-corrected chi connectivity index (χ0v) is 8.80. The summed E-state index contributed by atoms with van der Waals surface area (Å²) in [6.07, 6.45) is 1.62. The first-order valence-corrected chi connectivity index (χ1v) is 5.12. The minimum absolute atomic E-state index is 0.0896. The van der Waals surface area contributed by atoms with Crippen LogP contribution in [-0.4, -0.2) is 34.1 Å². The van der Waals surface area contributed by atoms with Gasteiger partial charge in [-0.05, 0) is 17.2 Å². The van der Waals surface area contributed by atoms with Gasteiger partial charge < -0.3 is 21.1 Å². The minimum atomic E-state index is -1.23. The summed E-state index contributed by atoms with van der Waals surface area (Å²) in [6.45, 7) is -0.777. The third-order valence-electron chi connectivity index (χ3n) is 3.07. The SMILES string of the molecule is NC(CO)(CO)C1C(O)=Cc2ccccc21. The van der Waals surface area contributed by atoms with Gasteiger partial charge in [0, 0.05) is 0 Å². The average molecular weight is 221 g/mol. The predicted octanol–water partition coefficient (Wildman–Crippen LogP) is 0.365. The highest BCUT2D eigenvalue weighted by Gasteiger charge is 2.41. The Morgan fingerprint density at radius 2 is 1.81 bits per heavy atom. The van der Waals surface area contributed by atoms with Crippen molar-refractivity contribution >= 4 is 6.08 Å². The lowest BCUT2D eigenvalue weighted by molar-refractivity contribution is 0.0978. The lowest BCUT2D eigenvalue weighted by Gasteiger charge is -2.32. The standard InChI is InChI=1S/C12H15NO3/c13-12(6-14,7-15)11-9-4-2-1-3-8(9)5-10(11)16/h1-5,11,14-16H,6-7,13H2. The van der Waals surface area contributed by atoms with Crippen molar-refractivity contribution in [3.05, 3.63) is 41.2 Å². The van der Waals surface area contributed by atoms with Gasteiger partial charge in [-0.2, -0.15) is 0 Å². The molecule has 0 radical (unpaired) electrons. The smallest absolute Gasteiger partial charge is 0.102 e. The summed E-state index contributed by atoms with van der Waals surface area (Å²) in [5.74, 6) is -0.453. The van der Waals surface area contributed by atoms with E-state index < -0.39 is 11.5 Å². The predicted molar refractivity (Wildman–Crippen MR) is 60.9 cm³/mol. The molecule has 0 bridgehead atoms. The van der Waals surface area contributed by atoms with Crippen LogP contribution in [0.5, 0.6) is 0 Å². The number of benzene rings is 1. The Morgan fingerprint density at radius 1 is 1.19 bits per heavy atom. The number of hydrogen-bond donors (Lipinski definition) is 4. The zero-order valence-electron chi connectivity index (χ0n) is 8.80. The van der Waals surface area contributed by atoms with Gasteiger partial charge in [0.2, 0.25) is 0 Å². The molecule has 4 nitrogen and oxygen atoms in total. The van der Waals surface area contributed by atoms with Crippen LogP contribution in [0, 0.1) is 0 Å². The molecule has 1 unspecified atom stereocenters. The van der Waals surface area contributed by atoms with E-state index in [1.165, 1.54) is 0 Å². The molecule has 0 aromatic heterocycles. The average Bonchev–Trinajstić information content (AvgIpc) is 2.64. The Labute approximate surface area is 93.6 Å². The van der Waals surface area contributed by atoms with Crippen LogP contribution in [0.4, 0.5) is 0 Å². The van der Waals surface area contributed by atoms with Crippen LogP contribution in [0.3, 0.4) is 0 Å². The van der Waals surface area contributed by atoms with Crippen molar-refractivity contribution < 1.29 is 15.3 Å². The zero-order chi connectivity index (χ0) is 11.8. The molecule has 1 aromatic rings. The number of aliphatic hydroxyl groups is 3. The van der Waals surface area contributed by atoms with E-state index in [0.29, 0.717) is 0 Å². The summed E-state index contributed by atoms with van der Waals surface area (Å²) in [5, 5.41) is 28.4. The molecule has 0 saturated carbocycles. The van der Waals surface area contributed by atoms with Gasteiger partial charge in [0.25, 0.3) is 0 Å². The molecule has 0 spiro atoms. The third kappa shape index (κ3) is 1.51. The highest BCUT2D eigenvalue weighted by atomic mass is 16.3. The van der Waals surface area contributed by atoms with Gasteiger partial charge in [-0.15, -0.1) is 0 Å². The van der Waals surface area contributed by atoms with Crippen molar-refractivity contribution in [2.24, 2.45) is 5.73 Å². The first-order chi connectivity index (χ1) is 7.62. The molecule has 0 fully saturated rings. The fourth-order valence-corrected chi connectivity index (χ4v) is 2.14. The van der Waals surface area contributed by atoms with Crippen LogP contribution in [0.2, 0.25) is 0 Å². The number of aliphatic hydroxyl groups excluding tert-OH is 3. The van der Waals surface area contributed by atoms with Crippen molar-refractivity contribution in [2.75, 3.05) is 13.2 Å². The van der Waals surface area contributed by atoms with Gasteiger partial charge in [-0.3, -0.25) is 0 Å². The van der Waals surface area contributed by atoms with Gasteiger partial charge >= 0.3 is 0 Å². The van der Waals surface area contributed by atoms with Gasteiger partial charge in [-0.25, -0.2) is 0 Å². The highest BCUT2D eigenvalue weighted by molar-refractivity contribution is 5.65. The Morgan fingerprint density at radius 3 is 2.44 bits per heavy atom. The molecule has 0 saturated heterocycles. The van der Waals surface area contributed by atoms with E-state index in [9.17, 15) is 15.3 Å². The first kappa shape index (κ1) is 11.1. The topological polar surface area (TPSA) is 86.7 Å². The minimum Gasteiger partial charge on any atom is -0.512 e. The van der Waals surface area contributed by atoms with Crippen molar-refractivity contribution in [3.8, 4) is 0 Å². The first-order valence-electron chi connectivity index (χ1n) is 5.12. The molecule has 1 aromatic carbocycles. The lowest BCUT2D eigenvalue weighted by Crippen LogP contribution is -2.52. The number of nitrogens with two attached hydrogens (primary N) is 1. The van der Waals surface area contributed by atoms with Crippen LogP contribution in [0.15, 0.2) is 30.0 Å². The molecule has 1 atom stereocenters. The third-order valence-corrected chi connectivity index (χ3v) is 3.07. The van der Waals surface area contributed by atoms with E-state index in [4.69, 9.17) is 5.73 Å². The fourth-order valence-electron chi connectivity index (χ4n) is 2.14. The number of fused-ring (bicyclic) bond motifs is 1. The second-order valence-electron chi connectivity index (χ2n) is 4.18. The molecule has 16 heavy (non-hydrogen) atoms. The van der Waals surface area contributed by atoms with E-state index in [2.05, 4.69) is 0 Å². The molecule has 2 rings (SSSR count). The van der Waals surface area contributed by atoms with E-state index >= 15 is 0 Å². The van der Waals surface area contributed by atoms with Gasteiger partial charge in [0.1, 0.15) is 5.76 Å². The summed E-state index contributed by atoms with van der Waals surface area (Å²) < 4.78 is 0. The van der Waals surface area contributed by atoms with Crippen molar-refractivity contribution in [3.63, 3.8) is 0 Å². The van der Waals surface area contributed by atoms with E-state index in [1.54, 1.807) is 6.08 Å². The molecule has 0 aliphatic heterocycles. The number of hydrogen-bond acceptors (Lipinski definition) is 4. The number of rotatable bonds is 3. The Kier molecular flexibility index (Phi) is 2.71. The summed E-state index contributed by atoms with van der Waals surface area (Å²) >= 11 is 0. The Hall–Kier alpha value is -1.36. The van der Waals surface area contributed by atoms with Crippen LogP contribution < -0.4 is 5.73 Å². The highest BCUT2D eigenvalue weighted by Crippen LogP contribution is 2.40. The maximum Gasteiger partial charge on any atom is 0.102 e. The quantitative estimate of drug-likeness (QED) is 0.593. The van der Waals surface area contributed by atoms with Gasteiger partial charge in [0.05, 0.1) is 24.7 Å². The summed E-state index contributed by atoms with van der Waals surface area (Å²) in [5.41, 5.74) is 6.39. The molecular formula is C12H15NO3. The van der Waals surface area contributed by atoms with Crippen LogP contribution in [0.1, 0.15) is 17.0 Å². The second-order valence-corrected chi connectivity index (χ2v) is 4.18. The van der Waals surface area contributed by atoms with E-state index in [1.807, 2.05) is 24.3 Å². The van der Waals surface area contributed by atoms with Gasteiger partial charge in [0.15, 0.2) is 0 Å². The molecule has 86 valence electrons. The van der Waals surface area contributed by atoms with Gasteiger partial charge in [-0.1, -0.05) is 24.3 Å². The van der Waals surface area contributed by atoms with Crippen molar-refractivity contribution in [2.45, 2.75) is 11.5 Å².